The molecular weight excluding hydrogens is 388 g/mol. The molecule has 2 aliphatic heterocycles. The Hall–Kier alpha value is -2.66. The molecule has 5 nitrogen and oxygen atoms in total. The van der Waals surface area contributed by atoms with Gasteiger partial charge >= 0.3 is 0 Å². The lowest BCUT2D eigenvalue weighted by Gasteiger charge is -2.34. The van der Waals surface area contributed by atoms with Crippen LogP contribution in [0.15, 0.2) is 42.5 Å². The van der Waals surface area contributed by atoms with E-state index in [0.717, 1.165) is 44.5 Å². The van der Waals surface area contributed by atoms with Crippen LogP contribution in [0.1, 0.15) is 69.9 Å². The Balaban J connectivity index is 1.11. The predicted molar refractivity (Wildman–Crippen MR) is 120 cm³/mol. The van der Waals surface area contributed by atoms with Gasteiger partial charge in [0, 0.05) is 18.5 Å². The molecule has 3 aliphatic rings. The normalized spacial score (nSPS) is 22.4. The number of ether oxygens (including phenoxy) is 1. The van der Waals surface area contributed by atoms with Crippen LogP contribution < -0.4 is 4.74 Å². The van der Waals surface area contributed by atoms with Crippen LogP contribution in [0.3, 0.4) is 0 Å². The molecule has 2 amide bonds. The molecule has 2 aromatic carbocycles. The van der Waals surface area contributed by atoms with Gasteiger partial charge in [-0.05, 0) is 74.5 Å². The third-order valence-electron chi connectivity index (χ3n) is 7.34. The van der Waals surface area contributed by atoms with E-state index in [2.05, 4.69) is 23.1 Å². The summed E-state index contributed by atoms with van der Waals surface area (Å²) in [5.74, 6) is 1.39. The third-order valence-corrected chi connectivity index (χ3v) is 7.34. The van der Waals surface area contributed by atoms with Crippen LogP contribution in [0.5, 0.6) is 5.75 Å². The number of methoxy groups -OCH3 is 1. The summed E-state index contributed by atoms with van der Waals surface area (Å²) in [6.45, 7) is 2.78. The van der Waals surface area contributed by atoms with Crippen LogP contribution in [0.2, 0.25) is 0 Å². The second kappa shape index (κ2) is 8.46. The van der Waals surface area contributed by atoms with E-state index in [1.807, 2.05) is 12.1 Å². The van der Waals surface area contributed by atoms with Crippen LogP contribution in [0, 0.1) is 0 Å². The Bertz CT molecular complexity index is 967. The minimum atomic E-state index is -0.140. The summed E-state index contributed by atoms with van der Waals surface area (Å²) in [7, 11) is 1.77. The highest BCUT2D eigenvalue weighted by molar-refractivity contribution is 6.21. The summed E-state index contributed by atoms with van der Waals surface area (Å²) in [5, 5.41) is 0. The van der Waals surface area contributed by atoms with Crippen molar-refractivity contribution in [1.82, 2.24) is 9.80 Å². The highest BCUT2D eigenvalue weighted by Gasteiger charge is 2.39. The topological polar surface area (TPSA) is 49.9 Å². The summed E-state index contributed by atoms with van der Waals surface area (Å²) in [4.78, 5) is 29.0. The summed E-state index contributed by atoms with van der Waals surface area (Å²) in [6, 6.07) is 14.3. The highest BCUT2D eigenvalue weighted by Crippen LogP contribution is 2.44. The van der Waals surface area contributed by atoms with Gasteiger partial charge in [0.25, 0.3) is 11.8 Å². The molecule has 0 radical (unpaired) electrons. The fourth-order valence-corrected chi connectivity index (χ4v) is 5.83. The molecular formula is C26H30N2O3. The summed E-state index contributed by atoms with van der Waals surface area (Å²) >= 11 is 0. The molecule has 2 atom stereocenters. The van der Waals surface area contributed by atoms with Crippen LogP contribution in [-0.4, -0.2) is 54.4 Å². The summed E-state index contributed by atoms with van der Waals surface area (Å²) in [5.41, 5.74) is 3.99. The van der Waals surface area contributed by atoms with Gasteiger partial charge in [0.2, 0.25) is 0 Å². The molecule has 1 fully saturated rings. The number of amides is 2. The van der Waals surface area contributed by atoms with Crippen molar-refractivity contribution in [2.75, 3.05) is 26.7 Å². The number of imide groups is 1. The minimum Gasteiger partial charge on any atom is -0.496 e. The average Bonchev–Trinajstić information content (AvgIpc) is 3.33. The quantitative estimate of drug-likeness (QED) is 0.498. The minimum absolute atomic E-state index is 0.140. The molecule has 0 spiro atoms. The SMILES string of the molecule is COc1cccc2c1CC[C@@H]1[C@H]2CCN1CCCCCN1C(=O)c2ccccc2C1=O. The highest BCUT2D eigenvalue weighted by atomic mass is 16.5. The van der Waals surface area contributed by atoms with Gasteiger partial charge < -0.3 is 4.74 Å². The largest absolute Gasteiger partial charge is 0.496 e. The monoisotopic (exact) mass is 418 g/mol. The maximum Gasteiger partial charge on any atom is 0.261 e. The number of carbonyl (C=O) groups is 2. The standard InChI is InChI=1S/C26H30N2O3/c1-31-24-11-7-10-18-19-14-17-27(23(19)13-12-20(18)24)15-5-2-6-16-28-25(29)21-8-3-4-9-22(21)26(28)30/h3-4,7-11,19,23H,2,5-6,12-17H2,1H3/t19-,23+/m0/s1. The second-order valence-electron chi connectivity index (χ2n) is 8.93. The number of benzene rings is 2. The van der Waals surface area contributed by atoms with E-state index in [1.165, 1.54) is 28.9 Å². The lowest BCUT2D eigenvalue weighted by molar-refractivity contribution is 0.0651. The number of rotatable bonds is 7. The van der Waals surface area contributed by atoms with Gasteiger partial charge in [0.15, 0.2) is 0 Å². The maximum absolute atomic E-state index is 12.5. The molecule has 2 heterocycles. The summed E-state index contributed by atoms with van der Waals surface area (Å²) in [6.07, 6.45) is 6.53. The fourth-order valence-electron chi connectivity index (χ4n) is 5.83. The second-order valence-corrected chi connectivity index (χ2v) is 8.93. The Morgan fingerprint density at radius 3 is 2.39 bits per heavy atom. The first-order valence-electron chi connectivity index (χ1n) is 11.5. The first-order valence-corrected chi connectivity index (χ1v) is 11.5. The smallest absolute Gasteiger partial charge is 0.261 e. The molecule has 2 aromatic rings. The fraction of sp³-hybridized carbons (Fsp3) is 0.462. The van der Waals surface area contributed by atoms with Crippen LogP contribution in [0.25, 0.3) is 0 Å². The molecule has 0 unspecified atom stereocenters. The number of hydrogen-bond acceptors (Lipinski definition) is 4. The molecule has 5 rings (SSSR count). The van der Waals surface area contributed by atoms with Gasteiger partial charge in [-0.3, -0.25) is 19.4 Å². The molecule has 31 heavy (non-hydrogen) atoms. The Morgan fingerprint density at radius 1 is 0.903 bits per heavy atom. The van der Waals surface area contributed by atoms with Gasteiger partial charge in [-0.2, -0.15) is 0 Å². The van der Waals surface area contributed by atoms with E-state index in [1.54, 1.807) is 19.2 Å². The van der Waals surface area contributed by atoms with E-state index in [9.17, 15) is 9.59 Å². The van der Waals surface area contributed by atoms with Crippen molar-refractivity contribution in [3.8, 4) is 5.75 Å². The van der Waals surface area contributed by atoms with Crippen molar-refractivity contribution >= 4 is 11.8 Å². The summed E-state index contributed by atoms with van der Waals surface area (Å²) < 4.78 is 5.59. The molecule has 162 valence electrons. The maximum atomic E-state index is 12.5. The molecule has 0 aromatic heterocycles. The predicted octanol–water partition coefficient (Wildman–Crippen LogP) is 4.27. The van der Waals surface area contributed by atoms with E-state index in [0.29, 0.717) is 29.6 Å². The van der Waals surface area contributed by atoms with E-state index in [-0.39, 0.29) is 11.8 Å². The van der Waals surface area contributed by atoms with E-state index in [4.69, 9.17) is 4.74 Å². The van der Waals surface area contributed by atoms with Crippen LogP contribution in [0.4, 0.5) is 0 Å². The van der Waals surface area contributed by atoms with Crippen molar-refractivity contribution < 1.29 is 14.3 Å². The van der Waals surface area contributed by atoms with Gasteiger partial charge in [0.1, 0.15) is 5.75 Å². The zero-order chi connectivity index (χ0) is 21.4. The first-order chi connectivity index (χ1) is 15.2. The Morgan fingerprint density at radius 2 is 1.65 bits per heavy atom. The molecule has 0 bridgehead atoms. The van der Waals surface area contributed by atoms with Gasteiger partial charge in [-0.25, -0.2) is 0 Å². The number of nitrogens with zero attached hydrogens (tertiary/aromatic N) is 2. The van der Waals surface area contributed by atoms with Crippen molar-refractivity contribution in [3.05, 3.63) is 64.7 Å². The van der Waals surface area contributed by atoms with Gasteiger partial charge in [-0.15, -0.1) is 0 Å². The van der Waals surface area contributed by atoms with E-state index < -0.39 is 0 Å². The Labute approximate surface area is 184 Å². The zero-order valence-corrected chi connectivity index (χ0v) is 18.2. The number of hydrogen-bond donors (Lipinski definition) is 0. The molecule has 1 aliphatic carbocycles. The molecule has 0 N–H and O–H groups in total. The zero-order valence-electron chi connectivity index (χ0n) is 18.2. The van der Waals surface area contributed by atoms with Crippen molar-refractivity contribution in [2.24, 2.45) is 0 Å². The third kappa shape index (κ3) is 3.55. The van der Waals surface area contributed by atoms with Crippen molar-refractivity contribution in [3.63, 3.8) is 0 Å². The number of fused-ring (bicyclic) bond motifs is 4. The number of carbonyl (C=O) groups excluding carboxylic acids is 2. The average molecular weight is 419 g/mol. The van der Waals surface area contributed by atoms with Gasteiger partial charge in [-0.1, -0.05) is 30.7 Å². The molecule has 5 heteroatoms. The van der Waals surface area contributed by atoms with Crippen LogP contribution >= 0.6 is 0 Å². The lowest BCUT2D eigenvalue weighted by atomic mass is 9.79. The van der Waals surface area contributed by atoms with Gasteiger partial charge in [0.05, 0.1) is 18.2 Å². The van der Waals surface area contributed by atoms with Crippen LogP contribution in [-0.2, 0) is 6.42 Å². The molecule has 0 saturated carbocycles. The van der Waals surface area contributed by atoms with E-state index >= 15 is 0 Å². The lowest BCUT2D eigenvalue weighted by Crippen LogP contribution is -2.36. The molecule has 1 saturated heterocycles. The number of unbranched alkanes of at least 4 members (excludes halogenated alkanes) is 2. The van der Waals surface area contributed by atoms with Crippen molar-refractivity contribution in [2.45, 2.75) is 50.5 Å². The Kier molecular flexibility index (Phi) is 5.53. The van der Waals surface area contributed by atoms with Crippen molar-refractivity contribution in [1.29, 1.82) is 0 Å². The first kappa shape index (κ1) is 20.3. The number of likely N-dealkylation sites (tertiary alicyclic amines) is 1.